The molecule has 2 aromatic carbocycles. The predicted octanol–water partition coefficient (Wildman–Crippen LogP) is 3.39. The quantitative estimate of drug-likeness (QED) is 0.469. The van der Waals surface area contributed by atoms with Crippen LogP contribution in [0.1, 0.15) is 44.2 Å². The minimum atomic E-state index is -3.50. The molecule has 1 N–H and O–H groups in total. The molecule has 0 saturated carbocycles. The highest BCUT2D eigenvalue weighted by Gasteiger charge is 2.27. The number of carbonyl (C=O) groups excluding carboxylic acids is 2. The fourth-order valence-electron chi connectivity index (χ4n) is 3.96. The highest BCUT2D eigenvalue weighted by Crippen LogP contribution is 2.20. The normalized spacial score (nSPS) is 12.1. The number of likely N-dealkylation sites (N-methyl/N-ethyl adjacent to an activating group) is 1. The van der Waals surface area contributed by atoms with Gasteiger partial charge < -0.3 is 10.2 Å². The van der Waals surface area contributed by atoms with Gasteiger partial charge in [-0.3, -0.25) is 13.9 Å². The second-order valence-electron chi connectivity index (χ2n) is 8.32. The van der Waals surface area contributed by atoms with Crippen LogP contribution in [-0.2, 0) is 32.5 Å². The Hall–Kier alpha value is -2.87. The van der Waals surface area contributed by atoms with E-state index in [1.165, 1.54) is 10.6 Å². The van der Waals surface area contributed by atoms with E-state index in [0.29, 0.717) is 31.5 Å². The van der Waals surface area contributed by atoms with Crippen molar-refractivity contribution in [2.45, 2.75) is 52.0 Å². The van der Waals surface area contributed by atoms with Gasteiger partial charge in [0.1, 0.15) is 6.04 Å². The van der Waals surface area contributed by atoms with E-state index < -0.39 is 16.1 Å². The summed E-state index contributed by atoms with van der Waals surface area (Å²) in [6.07, 6.45) is 3.69. The zero-order valence-corrected chi connectivity index (χ0v) is 21.5. The first-order valence-corrected chi connectivity index (χ1v) is 13.7. The number of sulfonamides is 1. The molecule has 2 rings (SSSR count). The van der Waals surface area contributed by atoms with Gasteiger partial charge in [-0.1, -0.05) is 56.3 Å². The summed E-state index contributed by atoms with van der Waals surface area (Å²) in [5.74, 6) is -0.348. The summed E-state index contributed by atoms with van der Waals surface area (Å²) in [7, 11) is -1.93. The van der Waals surface area contributed by atoms with Crippen molar-refractivity contribution in [1.82, 2.24) is 10.2 Å². The van der Waals surface area contributed by atoms with Gasteiger partial charge in [-0.05, 0) is 48.9 Å². The van der Waals surface area contributed by atoms with Gasteiger partial charge in [0.05, 0.1) is 11.9 Å². The molecule has 0 saturated heterocycles. The number of aryl methyl sites for hydroxylation is 1. The molecule has 1 atom stereocenters. The first-order chi connectivity index (χ1) is 16.2. The second-order valence-corrected chi connectivity index (χ2v) is 10.2. The van der Waals surface area contributed by atoms with Crippen LogP contribution in [0, 0.1) is 0 Å². The third-order valence-corrected chi connectivity index (χ3v) is 7.10. The van der Waals surface area contributed by atoms with Crippen LogP contribution in [0.3, 0.4) is 0 Å². The fraction of sp³-hybridized carbons (Fsp3) is 0.462. The summed E-state index contributed by atoms with van der Waals surface area (Å²) in [5.41, 5.74) is 2.80. The SMILES string of the molecule is CCc1ccc(N(CCCC(=O)N(CCc2ccccc2)[C@H](CC)C(=O)NC)S(C)(=O)=O)cc1. The van der Waals surface area contributed by atoms with Gasteiger partial charge >= 0.3 is 0 Å². The Labute approximate surface area is 204 Å². The van der Waals surface area contributed by atoms with Gasteiger partial charge in [0.25, 0.3) is 0 Å². The summed E-state index contributed by atoms with van der Waals surface area (Å²) in [6, 6.07) is 16.7. The van der Waals surface area contributed by atoms with E-state index in [2.05, 4.69) is 5.32 Å². The zero-order valence-electron chi connectivity index (χ0n) is 20.7. The van der Waals surface area contributed by atoms with Crippen LogP contribution in [0.25, 0.3) is 0 Å². The van der Waals surface area contributed by atoms with Crippen LogP contribution < -0.4 is 9.62 Å². The number of nitrogens with zero attached hydrogens (tertiary/aromatic N) is 2. The average Bonchev–Trinajstić information content (AvgIpc) is 2.83. The van der Waals surface area contributed by atoms with E-state index in [1.807, 2.05) is 56.3 Å². The molecule has 186 valence electrons. The number of amides is 2. The Balaban J connectivity index is 2.11. The lowest BCUT2D eigenvalue weighted by molar-refractivity contribution is -0.140. The van der Waals surface area contributed by atoms with Crippen molar-refractivity contribution in [2.24, 2.45) is 0 Å². The van der Waals surface area contributed by atoms with E-state index in [9.17, 15) is 18.0 Å². The van der Waals surface area contributed by atoms with Gasteiger partial charge in [-0.15, -0.1) is 0 Å². The van der Waals surface area contributed by atoms with E-state index in [4.69, 9.17) is 0 Å². The summed E-state index contributed by atoms with van der Waals surface area (Å²) < 4.78 is 26.2. The Bertz CT molecular complexity index is 1020. The molecule has 0 aliphatic carbocycles. The maximum absolute atomic E-state index is 13.2. The molecule has 8 heteroatoms. The summed E-state index contributed by atoms with van der Waals surface area (Å²) in [5, 5.41) is 2.65. The minimum Gasteiger partial charge on any atom is -0.357 e. The lowest BCUT2D eigenvalue weighted by atomic mass is 10.1. The second kappa shape index (κ2) is 13.1. The third-order valence-electron chi connectivity index (χ3n) is 5.90. The largest absolute Gasteiger partial charge is 0.357 e. The Morgan fingerprint density at radius 3 is 2.12 bits per heavy atom. The monoisotopic (exact) mass is 487 g/mol. The molecule has 34 heavy (non-hydrogen) atoms. The maximum atomic E-state index is 13.2. The number of anilines is 1. The molecule has 0 radical (unpaired) electrons. The van der Waals surface area contributed by atoms with E-state index >= 15 is 0 Å². The number of nitrogens with one attached hydrogen (secondary N) is 1. The summed E-state index contributed by atoms with van der Waals surface area (Å²) >= 11 is 0. The van der Waals surface area contributed by atoms with Gasteiger partial charge in [0, 0.05) is 26.6 Å². The number of benzene rings is 2. The highest BCUT2D eigenvalue weighted by molar-refractivity contribution is 7.92. The smallest absolute Gasteiger partial charge is 0.242 e. The van der Waals surface area contributed by atoms with Crippen LogP contribution in [0.5, 0.6) is 0 Å². The van der Waals surface area contributed by atoms with E-state index in [-0.39, 0.29) is 24.8 Å². The number of hydrogen-bond acceptors (Lipinski definition) is 4. The van der Waals surface area contributed by atoms with Crippen molar-refractivity contribution < 1.29 is 18.0 Å². The standard InChI is InChI=1S/C26H37N3O4S/c1-5-21-14-16-23(17-15-21)29(34(4,32)33)19-10-13-25(30)28(24(6-2)26(31)27-3)20-18-22-11-8-7-9-12-22/h7-9,11-12,14-17,24H,5-6,10,13,18-20H2,1-4H3,(H,27,31)/t24-/m1/s1. The molecular formula is C26H37N3O4S. The van der Waals surface area contributed by atoms with Gasteiger partial charge in [-0.2, -0.15) is 0 Å². The van der Waals surface area contributed by atoms with Crippen molar-refractivity contribution >= 4 is 27.5 Å². The average molecular weight is 488 g/mol. The zero-order chi connectivity index (χ0) is 25.1. The molecule has 0 bridgehead atoms. The predicted molar refractivity (Wildman–Crippen MR) is 137 cm³/mol. The number of carbonyl (C=O) groups is 2. The van der Waals surface area contributed by atoms with Gasteiger partial charge in [0.2, 0.25) is 21.8 Å². The number of hydrogen-bond donors (Lipinski definition) is 1. The molecule has 0 heterocycles. The molecule has 0 unspecified atom stereocenters. The fourth-order valence-corrected chi connectivity index (χ4v) is 4.93. The number of rotatable bonds is 13. The highest BCUT2D eigenvalue weighted by atomic mass is 32.2. The van der Waals surface area contributed by atoms with Crippen molar-refractivity contribution in [3.63, 3.8) is 0 Å². The van der Waals surface area contributed by atoms with Crippen molar-refractivity contribution in [3.05, 3.63) is 65.7 Å². The Kier molecular flexibility index (Phi) is 10.6. The lowest BCUT2D eigenvalue weighted by Crippen LogP contribution is -2.49. The van der Waals surface area contributed by atoms with Crippen molar-refractivity contribution in [3.8, 4) is 0 Å². The molecule has 0 spiro atoms. The van der Waals surface area contributed by atoms with Crippen LogP contribution in [-0.4, -0.2) is 57.6 Å². The minimum absolute atomic E-state index is 0.152. The Morgan fingerprint density at radius 1 is 0.941 bits per heavy atom. The first-order valence-electron chi connectivity index (χ1n) is 11.8. The molecule has 7 nitrogen and oxygen atoms in total. The lowest BCUT2D eigenvalue weighted by Gasteiger charge is -2.30. The van der Waals surface area contributed by atoms with Crippen molar-refractivity contribution in [2.75, 3.05) is 30.7 Å². The summed E-state index contributed by atoms with van der Waals surface area (Å²) in [6.45, 7) is 4.54. The molecule has 2 aromatic rings. The first kappa shape index (κ1) is 27.4. The topological polar surface area (TPSA) is 86.8 Å². The van der Waals surface area contributed by atoms with Crippen LogP contribution in [0.2, 0.25) is 0 Å². The van der Waals surface area contributed by atoms with E-state index in [0.717, 1.165) is 17.5 Å². The molecule has 0 fully saturated rings. The molecule has 0 aliphatic rings. The van der Waals surface area contributed by atoms with Crippen LogP contribution >= 0.6 is 0 Å². The molecule has 2 amide bonds. The van der Waals surface area contributed by atoms with E-state index in [1.54, 1.807) is 24.1 Å². The third kappa shape index (κ3) is 7.87. The molecule has 0 aliphatic heterocycles. The molecular weight excluding hydrogens is 450 g/mol. The van der Waals surface area contributed by atoms with Crippen LogP contribution in [0.4, 0.5) is 5.69 Å². The summed E-state index contributed by atoms with van der Waals surface area (Å²) in [4.78, 5) is 27.3. The maximum Gasteiger partial charge on any atom is 0.242 e. The van der Waals surface area contributed by atoms with Gasteiger partial charge in [0.15, 0.2) is 0 Å². The van der Waals surface area contributed by atoms with Crippen molar-refractivity contribution in [1.29, 1.82) is 0 Å². The van der Waals surface area contributed by atoms with Gasteiger partial charge in [-0.25, -0.2) is 8.42 Å². The molecule has 0 aromatic heterocycles. The Morgan fingerprint density at radius 2 is 1.59 bits per heavy atom. The van der Waals surface area contributed by atoms with Crippen LogP contribution in [0.15, 0.2) is 54.6 Å².